The molecule has 1 fully saturated rings. The summed E-state index contributed by atoms with van der Waals surface area (Å²) in [6, 6.07) is 17.1. The highest BCUT2D eigenvalue weighted by molar-refractivity contribution is 6.08. The fraction of sp³-hybridized carbons (Fsp3) is 0.269. The minimum absolute atomic E-state index is 0.0806. The Balaban J connectivity index is 1.34. The summed E-state index contributed by atoms with van der Waals surface area (Å²) in [5.74, 6) is 0.0265. The van der Waals surface area contributed by atoms with Crippen LogP contribution in [0.3, 0.4) is 0 Å². The van der Waals surface area contributed by atoms with Gasteiger partial charge in [0.1, 0.15) is 5.75 Å². The topological polar surface area (TPSA) is 92.1 Å². The molecule has 3 aromatic rings. The van der Waals surface area contributed by atoms with E-state index in [-0.39, 0.29) is 30.0 Å². The molecule has 0 saturated carbocycles. The van der Waals surface area contributed by atoms with Gasteiger partial charge in [0, 0.05) is 24.3 Å². The Morgan fingerprint density at radius 1 is 0.882 bits per heavy atom. The molecule has 1 saturated heterocycles. The van der Waals surface area contributed by atoms with Gasteiger partial charge in [0.05, 0.1) is 18.5 Å². The van der Waals surface area contributed by atoms with E-state index in [9.17, 15) is 14.4 Å². The molecule has 2 aromatic carbocycles. The largest absolute Gasteiger partial charge is 0.476 e. The summed E-state index contributed by atoms with van der Waals surface area (Å²) in [4.78, 5) is 42.2. The number of piperidine rings is 1. The van der Waals surface area contributed by atoms with Crippen LogP contribution in [-0.4, -0.2) is 48.4 Å². The van der Waals surface area contributed by atoms with Crippen LogP contribution in [0.15, 0.2) is 71.3 Å². The Morgan fingerprint density at radius 3 is 2.38 bits per heavy atom. The first kappa shape index (κ1) is 21.8. The molecule has 2 aliphatic heterocycles. The number of anilines is 2. The zero-order valence-electron chi connectivity index (χ0n) is 18.6. The van der Waals surface area contributed by atoms with Crippen LogP contribution in [0.25, 0.3) is 0 Å². The fourth-order valence-corrected chi connectivity index (χ4v) is 4.33. The lowest BCUT2D eigenvalue weighted by Gasteiger charge is -2.37. The highest BCUT2D eigenvalue weighted by Gasteiger charge is 2.36. The third kappa shape index (κ3) is 4.39. The number of carbonyl (C=O) groups is 3. The summed E-state index contributed by atoms with van der Waals surface area (Å²) in [6.45, 7) is 1.58. The molecule has 0 bridgehead atoms. The van der Waals surface area contributed by atoms with E-state index in [0.717, 1.165) is 32.4 Å². The SMILES string of the molecule is O=C(Nc1ccc(C(=O)N2C[C@H](C(=O)N3CCCCC3)Oc3ccccc32)cc1)c1ccco1. The number of hydrogen-bond donors (Lipinski definition) is 1. The number of carbonyl (C=O) groups excluding carboxylic acids is 3. The number of hydrogen-bond acceptors (Lipinski definition) is 5. The van der Waals surface area contributed by atoms with Gasteiger partial charge in [-0.15, -0.1) is 0 Å². The van der Waals surface area contributed by atoms with Crippen molar-refractivity contribution in [3.8, 4) is 5.75 Å². The van der Waals surface area contributed by atoms with Crippen LogP contribution < -0.4 is 15.0 Å². The number of nitrogens with one attached hydrogen (secondary N) is 1. The zero-order chi connectivity index (χ0) is 23.5. The van der Waals surface area contributed by atoms with Crippen LogP contribution in [0.4, 0.5) is 11.4 Å². The highest BCUT2D eigenvalue weighted by atomic mass is 16.5. The van der Waals surface area contributed by atoms with Gasteiger partial charge < -0.3 is 24.3 Å². The van der Waals surface area contributed by atoms with Crippen molar-refractivity contribution in [2.75, 3.05) is 29.9 Å². The van der Waals surface area contributed by atoms with Crippen molar-refractivity contribution >= 4 is 29.1 Å². The minimum atomic E-state index is -0.746. The van der Waals surface area contributed by atoms with Crippen LogP contribution >= 0.6 is 0 Å². The molecule has 5 rings (SSSR count). The molecule has 8 nitrogen and oxygen atoms in total. The first-order chi connectivity index (χ1) is 16.6. The van der Waals surface area contributed by atoms with Gasteiger partial charge in [-0.25, -0.2) is 0 Å². The Kier molecular flexibility index (Phi) is 6.03. The van der Waals surface area contributed by atoms with E-state index in [0.29, 0.717) is 22.7 Å². The summed E-state index contributed by atoms with van der Waals surface area (Å²) in [5, 5.41) is 2.74. The smallest absolute Gasteiger partial charge is 0.291 e. The van der Waals surface area contributed by atoms with E-state index in [2.05, 4.69) is 5.32 Å². The Bertz CT molecular complexity index is 1180. The van der Waals surface area contributed by atoms with Crippen molar-refractivity contribution in [1.29, 1.82) is 0 Å². The molecule has 0 aliphatic carbocycles. The Morgan fingerprint density at radius 2 is 1.65 bits per heavy atom. The normalized spacial score (nSPS) is 17.5. The summed E-state index contributed by atoms with van der Waals surface area (Å²) < 4.78 is 11.1. The number of benzene rings is 2. The minimum Gasteiger partial charge on any atom is -0.476 e. The van der Waals surface area contributed by atoms with Crippen molar-refractivity contribution in [2.24, 2.45) is 0 Å². The van der Waals surface area contributed by atoms with Gasteiger partial charge in [-0.3, -0.25) is 14.4 Å². The number of para-hydroxylation sites is 2. The van der Waals surface area contributed by atoms with Gasteiger partial charge in [0.25, 0.3) is 17.7 Å². The molecule has 8 heteroatoms. The van der Waals surface area contributed by atoms with Gasteiger partial charge in [0.2, 0.25) is 0 Å². The zero-order valence-corrected chi connectivity index (χ0v) is 18.6. The highest BCUT2D eigenvalue weighted by Crippen LogP contribution is 2.35. The van der Waals surface area contributed by atoms with Crippen molar-refractivity contribution in [3.05, 3.63) is 78.3 Å². The Hall–Kier alpha value is -4.07. The van der Waals surface area contributed by atoms with E-state index >= 15 is 0 Å². The van der Waals surface area contributed by atoms with Crippen molar-refractivity contribution in [3.63, 3.8) is 0 Å². The van der Waals surface area contributed by atoms with Gasteiger partial charge in [-0.1, -0.05) is 12.1 Å². The molecule has 1 atom stereocenters. The van der Waals surface area contributed by atoms with Gasteiger partial charge >= 0.3 is 0 Å². The van der Waals surface area contributed by atoms with E-state index < -0.39 is 6.10 Å². The van der Waals surface area contributed by atoms with Crippen LogP contribution in [0.2, 0.25) is 0 Å². The third-order valence-corrected chi connectivity index (χ3v) is 6.10. The molecule has 3 heterocycles. The number of rotatable bonds is 4. The molecule has 0 spiro atoms. The number of fused-ring (bicyclic) bond motifs is 1. The van der Waals surface area contributed by atoms with Crippen molar-refractivity contribution < 1.29 is 23.5 Å². The standard InChI is InChI=1S/C26H25N3O5/c30-24(22-9-6-16-33-22)27-19-12-10-18(11-13-19)25(31)29-17-23(26(32)28-14-4-1-5-15-28)34-21-8-3-2-7-20(21)29/h2-3,6-13,16,23H,1,4-5,14-15,17H2,(H,27,30)/t23-/m1/s1. The van der Waals surface area contributed by atoms with E-state index in [1.54, 1.807) is 47.4 Å². The average molecular weight is 460 g/mol. The number of ether oxygens (including phenoxy) is 1. The van der Waals surface area contributed by atoms with E-state index in [1.165, 1.54) is 6.26 Å². The quantitative estimate of drug-likeness (QED) is 0.638. The van der Waals surface area contributed by atoms with Crippen molar-refractivity contribution in [1.82, 2.24) is 4.90 Å². The molecule has 3 amide bonds. The summed E-state index contributed by atoms with van der Waals surface area (Å²) in [6.07, 6.45) is 3.78. The number of nitrogens with zero attached hydrogens (tertiary/aromatic N) is 2. The maximum atomic E-state index is 13.5. The predicted octanol–water partition coefficient (Wildman–Crippen LogP) is 3.95. The predicted molar refractivity (Wildman–Crippen MR) is 126 cm³/mol. The van der Waals surface area contributed by atoms with E-state index in [1.807, 2.05) is 23.1 Å². The molecule has 34 heavy (non-hydrogen) atoms. The summed E-state index contributed by atoms with van der Waals surface area (Å²) >= 11 is 0. The van der Waals surface area contributed by atoms with Crippen molar-refractivity contribution in [2.45, 2.75) is 25.4 Å². The van der Waals surface area contributed by atoms with Gasteiger partial charge in [-0.2, -0.15) is 0 Å². The van der Waals surface area contributed by atoms with Gasteiger partial charge in [-0.05, 0) is 67.8 Å². The lowest BCUT2D eigenvalue weighted by Crippen LogP contribution is -2.52. The molecule has 0 unspecified atom stereocenters. The van der Waals surface area contributed by atoms with E-state index in [4.69, 9.17) is 9.15 Å². The average Bonchev–Trinajstić information content (AvgIpc) is 3.43. The third-order valence-electron chi connectivity index (χ3n) is 6.10. The van der Waals surface area contributed by atoms with Crippen LogP contribution in [0.1, 0.15) is 40.2 Å². The number of amides is 3. The second kappa shape index (κ2) is 9.43. The molecule has 2 aliphatic rings. The molecule has 174 valence electrons. The maximum Gasteiger partial charge on any atom is 0.291 e. The second-order valence-electron chi connectivity index (χ2n) is 8.38. The molecular formula is C26H25N3O5. The monoisotopic (exact) mass is 459 g/mol. The maximum absolute atomic E-state index is 13.5. The summed E-state index contributed by atoms with van der Waals surface area (Å²) in [5.41, 5.74) is 1.61. The van der Waals surface area contributed by atoms with Crippen LogP contribution in [0, 0.1) is 0 Å². The lowest BCUT2D eigenvalue weighted by atomic mass is 10.1. The number of furan rings is 1. The lowest BCUT2D eigenvalue weighted by molar-refractivity contribution is -0.139. The first-order valence-electron chi connectivity index (χ1n) is 11.4. The van der Waals surface area contributed by atoms with Crippen LogP contribution in [-0.2, 0) is 4.79 Å². The first-order valence-corrected chi connectivity index (χ1v) is 11.4. The fourth-order valence-electron chi connectivity index (χ4n) is 4.33. The summed E-state index contributed by atoms with van der Waals surface area (Å²) in [7, 11) is 0. The molecule has 0 radical (unpaired) electrons. The van der Waals surface area contributed by atoms with Crippen LogP contribution in [0.5, 0.6) is 5.75 Å². The number of likely N-dealkylation sites (tertiary alicyclic amines) is 1. The molecule has 1 N–H and O–H groups in total. The molecular weight excluding hydrogens is 434 g/mol. The second-order valence-corrected chi connectivity index (χ2v) is 8.38. The molecule has 1 aromatic heterocycles. The van der Waals surface area contributed by atoms with Gasteiger partial charge in [0.15, 0.2) is 11.9 Å². The Labute approximate surface area is 197 Å².